The number of para-hydroxylation sites is 2. The van der Waals surface area contributed by atoms with Crippen LogP contribution in [-0.4, -0.2) is 119 Å². The van der Waals surface area contributed by atoms with Crippen molar-refractivity contribution in [3.8, 4) is 0 Å². The maximum Gasteiger partial charge on any atom is 0.407 e. The van der Waals surface area contributed by atoms with Crippen LogP contribution >= 0.6 is 22.7 Å². The van der Waals surface area contributed by atoms with Gasteiger partial charge in [0.25, 0.3) is 0 Å². The molecule has 0 unspecified atom stereocenters. The van der Waals surface area contributed by atoms with Crippen LogP contribution in [0.2, 0.25) is 0 Å². The molecule has 2 saturated heterocycles. The summed E-state index contributed by atoms with van der Waals surface area (Å²) < 4.78 is 12.4. The van der Waals surface area contributed by atoms with E-state index in [1.807, 2.05) is 170 Å². The zero-order valence-electron chi connectivity index (χ0n) is 51.7. The Morgan fingerprint density at radius 3 is 1.20 bits per heavy atom. The quantitative estimate of drug-likeness (QED) is 0.0265. The topological polar surface area (TPSA) is 235 Å². The standard InChI is InChI=1S/2C36H40N4O5S/c2*41-32(21-20-26-12-3-1-4-13-26)40-23-11-16-28(24-40)34(43)38-30(33(42)35-39-29-17-7-8-19-31(29)46-35)18-9-10-22-37-36(44)45-25-27-14-5-2-6-15-27/h2*1-8,12-15,17,19,28,30H,9-11,16,18,20-25H2,(H,37,44)(H,38,43)/t28-,30+;28-,30-/m11/s1. The fraction of sp³-hybridized carbons (Fsp3) is 0.361. The molecular weight excluding hydrogens is 1200 g/mol. The van der Waals surface area contributed by atoms with Crippen LogP contribution in [-0.2, 0) is 54.7 Å². The average Bonchev–Trinajstić information content (AvgIpc) is 2.57. The first kappa shape index (κ1) is 67.3. The van der Waals surface area contributed by atoms with Gasteiger partial charge in [-0.05, 0) is 124 Å². The van der Waals surface area contributed by atoms with Crippen LogP contribution in [0, 0.1) is 11.8 Å². The molecule has 4 heterocycles. The van der Waals surface area contributed by atoms with Gasteiger partial charge in [-0.3, -0.25) is 28.8 Å². The highest BCUT2D eigenvalue weighted by molar-refractivity contribution is 7.20. The lowest BCUT2D eigenvalue weighted by molar-refractivity contribution is -0.137. The number of nitrogens with zero attached hydrogens (tertiary/aromatic N) is 4. The molecule has 0 radical (unpaired) electrons. The molecule has 4 N–H and O–H groups in total. The minimum atomic E-state index is -0.762. The summed E-state index contributed by atoms with van der Waals surface area (Å²) in [5, 5.41) is 12.2. The van der Waals surface area contributed by atoms with E-state index in [2.05, 4.69) is 31.2 Å². The molecular formula is C72H80N8O10S2. The minimum Gasteiger partial charge on any atom is -0.445 e. The van der Waals surface area contributed by atoms with E-state index in [1.54, 1.807) is 9.80 Å². The van der Waals surface area contributed by atoms with E-state index < -0.39 is 24.3 Å². The van der Waals surface area contributed by atoms with E-state index in [9.17, 15) is 38.4 Å². The molecule has 0 bridgehead atoms. The number of alkyl carbamates (subject to hydrolysis) is 2. The molecule has 0 spiro atoms. The molecule has 10 rings (SSSR count). The number of unbranched alkanes of at least 4 members (excludes halogenated alkanes) is 2. The first-order valence-electron chi connectivity index (χ1n) is 31.8. The smallest absolute Gasteiger partial charge is 0.407 e. The highest BCUT2D eigenvalue weighted by atomic mass is 32.1. The summed E-state index contributed by atoms with van der Waals surface area (Å²) in [6.07, 6.45) is 7.07. The largest absolute Gasteiger partial charge is 0.445 e. The molecule has 2 aromatic heterocycles. The van der Waals surface area contributed by atoms with Gasteiger partial charge in [-0.1, -0.05) is 146 Å². The molecule has 6 aromatic carbocycles. The molecule has 2 fully saturated rings. The summed E-state index contributed by atoms with van der Waals surface area (Å²) in [6, 6.07) is 52.3. The number of benzene rings is 6. The van der Waals surface area contributed by atoms with Crippen molar-refractivity contribution in [2.45, 2.75) is 115 Å². The maximum absolute atomic E-state index is 13.7. The number of piperidine rings is 2. The van der Waals surface area contributed by atoms with Crippen molar-refractivity contribution in [1.29, 1.82) is 0 Å². The van der Waals surface area contributed by atoms with E-state index in [-0.39, 0.29) is 60.2 Å². The van der Waals surface area contributed by atoms with Crippen LogP contribution in [0.3, 0.4) is 0 Å². The Hall–Kier alpha value is -9.14. The lowest BCUT2D eigenvalue weighted by Crippen LogP contribution is -2.49. The number of carbonyl (C=O) groups excluding carboxylic acids is 8. The van der Waals surface area contributed by atoms with Crippen molar-refractivity contribution in [3.63, 3.8) is 0 Å². The number of amides is 6. The first-order valence-corrected chi connectivity index (χ1v) is 33.5. The number of Topliss-reactive ketones (excluding diaryl/α,β-unsaturated/α-hetero) is 2. The van der Waals surface area contributed by atoms with Crippen LogP contribution in [0.4, 0.5) is 9.59 Å². The third kappa shape index (κ3) is 21.0. The van der Waals surface area contributed by atoms with Gasteiger partial charge in [0.1, 0.15) is 13.2 Å². The molecule has 2 aliphatic heterocycles. The number of nitrogens with one attached hydrogen (secondary N) is 4. The fourth-order valence-corrected chi connectivity index (χ4v) is 13.1. The number of thiazole rings is 2. The number of likely N-dealkylation sites (tertiary alicyclic amines) is 2. The van der Waals surface area contributed by atoms with Crippen LogP contribution in [0.15, 0.2) is 170 Å². The number of ether oxygens (including phenoxy) is 2. The average molecular weight is 1280 g/mol. The van der Waals surface area contributed by atoms with E-state index in [1.165, 1.54) is 22.7 Å². The van der Waals surface area contributed by atoms with Crippen molar-refractivity contribution < 1.29 is 47.8 Å². The second kappa shape index (κ2) is 35.5. The lowest BCUT2D eigenvalue weighted by atomic mass is 9.95. The van der Waals surface area contributed by atoms with Crippen LogP contribution in [0.5, 0.6) is 0 Å². The molecule has 0 saturated carbocycles. The van der Waals surface area contributed by atoms with Gasteiger partial charge in [-0.15, -0.1) is 22.7 Å². The molecule has 0 aliphatic carbocycles. The van der Waals surface area contributed by atoms with E-state index in [0.717, 1.165) is 55.5 Å². The number of aryl methyl sites for hydroxylation is 2. The molecule has 92 heavy (non-hydrogen) atoms. The Morgan fingerprint density at radius 1 is 0.457 bits per heavy atom. The monoisotopic (exact) mass is 1280 g/mol. The zero-order chi connectivity index (χ0) is 64.3. The normalized spacial score (nSPS) is 15.2. The molecule has 2 aliphatic rings. The predicted molar refractivity (Wildman–Crippen MR) is 357 cm³/mol. The van der Waals surface area contributed by atoms with E-state index >= 15 is 0 Å². The molecule has 480 valence electrons. The molecule has 6 amide bonds. The number of fused-ring (bicyclic) bond motifs is 2. The highest BCUT2D eigenvalue weighted by Gasteiger charge is 2.34. The first-order chi connectivity index (χ1) is 44.9. The van der Waals surface area contributed by atoms with Crippen LogP contribution in [0.1, 0.15) is 119 Å². The van der Waals surface area contributed by atoms with Crippen molar-refractivity contribution in [2.24, 2.45) is 11.8 Å². The second-order valence-corrected chi connectivity index (χ2v) is 25.2. The van der Waals surface area contributed by atoms with Crippen molar-refractivity contribution in [1.82, 2.24) is 41.0 Å². The van der Waals surface area contributed by atoms with Crippen LogP contribution in [0.25, 0.3) is 20.4 Å². The zero-order valence-corrected chi connectivity index (χ0v) is 53.4. The summed E-state index contributed by atoms with van der Waals surface area (Å²) in [5.41, 5.74) is 5.52. The summed E-state index contributed by atoms with van der Waals surface area (Å²) in [6.45, 7) is 3.09. The van der Waals surface area contributed by atoms with Gasteiger partial charge in [0.15, 0.2) is 10.0 Å². The number of hydrogen-bond acceptors (Lipinski definition) is 14. The Kier molecular flexibility index (Phi) is 25.9. The van der Waals surface area contributed by atoms with Gasteiger partial charge in [0, 0.05) is 52.1 Å². The Bertz CT molecular complexity index is 3400. The van der Waals surface area contributed by atoms with Gasteiger partial charge >= 0.3 is 12.2 Å². The summed E-state index contributed by atoms with van der Waals surface area (Å²) in [5.74, 6) is -1.59. The summed E-state index contributed by atoms with van der Waals surface area (Å²) in [4.78, 5) is 117. The Morgan fingerprint density at radius 2 is 0.815 bits per heavy atom. The van der Waals surface area contributed by atoms with Gasteiger partial charge in [0.05, 0.1) is 44.4 Å². The maximum atomic E-state index is 13.7. The third-order valence-corrected chi connectivity index (χ3v) is 18.4. The third-order valence-electron chi connectivity index (χ3n) is 16.3. The Labute approximate surface area is 544 Å². The minimum absolute atomic E-state index is 0.0400. The van der Waals surface area contributed by atoms with Gasteiger partial charge < -0.3 is 40.5 Å². The summed E-state index contributed by atoms with van der Waals surface area (Å²) in [7, 11) is 0. The van der Waals surface area contributed by atoms with Crippen LogP contribution < -0.4 is 21.3 Å². The van der Waals surface area contributed by atoms with Crippen molar-refractivity contribution in [2.75, 3.05) is 39.3 Å². The number of hydrogen-bond donors (Lipinski definition) is 4. The number of rotatable bonds is 28. The molecule has 18 nitrogen and oxygen atoms in total. The predicted octanol–water partition coefficient (Wildman–Crippen LogP) is 11.9. The van der Waals surface area contributed by atoms with Gasteiger partial charge in [-0.2, -0.15) is 0 Å². The molecule has 4 atom stereocenters. The highest BCUT2D eigenvalue weighted by Crippen LogP contribution is 2.27. The Balaban J connectivity index is 0.000000217. The fourth-order valence-electron chi connectivity index (χ4n) is 11.2. The number of carbonyl (C=O) groups is 8. The van der Waals surface area contributed by atoms with Gasteiger partial charge in [-0.25, -0.2) is 19.6 Å². The van der Waals surface area contributed by atoms with E-state index in [0.29, 0.717) is 126 Å². The van der Waals surface area contributed by atoms with Crippen molar-refractivity contribution >= 4 is 90.5 Å². The number of ketones is 2. The second-order valence-electron chi connectivity index (χ2n) is 23.1. The lowest BCUT2D eigenvalue weighted by Gasteiger charge is -2.33. The number of aromatic nitrogens is 2. The SMILES string of the molecule is O=C(NCCCC[C@@H](NC(=O)[C@@H]1CCCN(C(=O)CCc2ccccc2)C1)C(=O)c1nc2ccccc2s1)OCc1ccccc1.O=C(NCCCC[C@H](NC(=O)[C@@H]1CCCN(C(=O)CCc2ccccc2)C1)C(=O)c1nc2ccccc2s1)OCc1ccccc1. The van der Waals surface area contributed by atoms with E-state index in [4.69, 9.17) is 9.47 Å². The molecule has 8 aromatic rings. The van der Waals surface area contributed by atoms with Crippen molar-refractivity contribution in [3.05, 3.63) is 202 Å². The summed E-state index contributed by atoms with van der Waals surface area (Å²) >= 11 is 2.63. The van der Waals surface area contributed by atoms with Gasteiger partial charge in [0.2, 0.25) is 35.2 Å². The molecule has 20 heteroatoms.